The van der Waals surface area contributed by atoms with Gasteiger partial charge in [-0.25, -0.2) is 0 Å². The number of benzene rings is 1. The van der Waals surface area contributed by atoms with Crippen LogP contribution in [-0.2, 0) is 6.42 Å². The Hall–Kier alpha value is -1.06. The molecule has 0 spiro atoms. The van der Waals surface area contributed by atoms with E-state index >= 15 is 0 Å². The van der Waals surface area contributed by atoms with E-state index in [1.54, 1.807) is 0 Å². The SMILES string of the molecule is CNC(c1ccc2c(c1)CCO2)C1(N(C)C)CCCCC1. The second-order valence-corrected chi connectivity index (χ2v) is 6.75. The molecule has 1 aromatic rings. The smallest absolute Gasteiger partial charge is 0.122 e. The topological polar surface area (TPSA) is 24.5 Å². The van der Waals surface area contributed by atoms with E-state index < -0.39 is 0 Å². The van der Waals surface area contributed by atoms with Crippen LogP contribution in [0.15, 0.2) is 18.2 Å². The van der Waals surface area contributed by atoms with Crippen molar-refractivity contribution in [3.8, 4) is 5.75 Å². The molecule has 2 aliphatic rings. The van der Waals surface area contributed by atoms with E-state index in [2.05, 4.69) is 49.6 Å². The molecule has 1 aliphatic carbocycles. The van der Waals surface area contributed by atoms with Crippen molar-refractivity contribution in [3.63, 3.8) is 0 Å². The molecule has 0 bridgehead atoms. The highest BCUT2D eigenvalue weighted by Crippen LogP contribution is 2.42. The zero-order valence-corrected chi connectivity index (χ0v) is 13.6. The molecule has 0 radical (unpaired) electrons. The summed E-state index contributed by atoms with van der Waals surface area (Å²) in [4.78, 5) is 2.46. The van der Waals surface area contributed by atoms with E-state index in [9.17, 15) is 0 Å². The number of ether oxygens (including phenoxy) is 1. The van der Waals surface area contributed by atoms with Gasteiger partial charge in [0.2, 0.25) is 0 Å². The van der Waals surface area contributed by atoms with Gasteiger partial charge in [-0.3, -0.25) is 0 Å². The summed E-state index contributed by atoms with van der Waals surface area (Å²) in [5.74, 6) is 1.08. The first-order chi connectivity index (χ1) is 10.2. The van der Waals surface area contributed by atoms with E-state index in [4.69, 9.17) is 4.74 Å². The normalized spacial score (nSPS) is 21.9. The average Bonchev–Trinajstić information content (AvgIpc) is 2.96. The van der Waals surface area contributed by atoms with Gasteiger partial charge in [0.25, 0.3) is 0 Å². The number of rotatable bonds is 4. The van der Waals surface area contributed by atoms with Gasteiger partial charge in [0.1, 0.15) is 5.75 Å². The molecule has 1 fully saturated rings. The molecular formula is C18H28N2O. The maximum atomic E-state index is 5.65. The fraction of sp³-hybridized carbons (Fsp3) is 0.667. The Morgan fingerprint density at radius 3 is 2.62 bits per heavy atom. The van der Waals surface area contributed by atoms with Crippen molar-refractivity contribution in [1.82, 2.24) is 10.2 Å². The number of hydrogen-bond acceptors (Lipinski definition) is 3. The van der Waals surface area contributed by atoms with Gasteiger partial charge in [0.15, 0.2) is 0 Å². The first-order valence-electron chi connectivity index (χ1n) is 8.28. The molecule has 21 heavy (non-hydrogen) atoms. The first kappa shape index (κ1) is 14.9. The zero-order chi connectivity index (χ0) is 14.9. The average molecular weight is 288 g/mol. The van der Waals surface area contributed by atoms with Gasteiger partial charge in [-0.15, -0.1) is 0 Å². The fourth-order valence-electron chi connectivity index (χ4n) is 4.29. The zero-order valence-electron chi connectivity index (χ0n) is 13.6. The molecule has 0 amide bonds. The van der Waals surface area contributed by atoms with Crippen LogP contribution in [0, 0.1) is 0 Å². The molecule has 1 heterocycles. The van der Waals surface area contributed by atoms with Gasteiger partial charge >= 0.3 is 0 Å². The van der Waals surface area contributed by atoms with Gasteiger partial charge < -0.3 is 15.0 Å². The molecule has 3 rings (SSSR count). The van der Waals surface area contributed by atoms with Crippen molar-refractivity contribution in [2.75, 3.05) is 27.7 Å². The lowest BCUT2D eigenvalue weighted by Gasteiger charge is -2.48. The molecule has 1 aliphatic heterocycles. The summed E-state index contributed by atoms with van der Waals surface area (Å²) in [6.45, 7) is 0.835. The summed E-state index contributed by atoms with van der Waals surface area (Å²) >= 11 is 0. The minimum atomic E-state index is 0.237. The van der Waals surface area contributed by atoms with Crippen molar-refractivity contribution < 1.29 is 4.74 Å². The summed E-state index contributed by atoms with van der Waals surface area (Å²) < 4.78 is 5.65. The van der Waals surface area contributed by atoms with Crippen LogP contribution in [-0.4, -0.2) is 38.2 Å². The Bertz CT molecular complexity index is 492. The Morgan fingerprint density at radius 2 is 1.95 bits per heavy atom. The summed E-state index contributed by atoms with van der Waals surface area (Å²) in [5, 5.41) is 3.62. The largest absolute Gasteiger partial charge is 0.493 e. The summed E-state index contributed by atoms with van der Waals surface area (Å²) in [7, 11) is 6.59. The number of fused-ring (bicyclic) bond motifs is 1. The number of hydrogen-bond donors (Lipinski definition) is 1. The first-order valence-corrected chi connectivity index (χ1v) is 8.28. The van der Waals surface area contributed by atoms with Gasteiger partial charge in [-0.05, 0) is 51.2 Å². The third-order valence-corrected chi connectivity index (χ3v) is 5.48. The molecule has 1 aromatic carbocycles. The predicted octanol–water partition coefficient (Wildman–Crippen LogP) is 3.15. The van der Waals surface area contributed by atoms with E-state index in [1.165, 1.54) is 43.2 Å². The van der Waals surface area contributed by atoms with Crippen LogP contribution in [0.5, 0.6) is 5.75 Å². The third kappa shape index (κ3) is 2.58. The van der Waals surface area contributed by atoms with E-state index in [-0.39, 0.29) is 5.54 Å². The summed E-state index contributed by atoms with van der Waals surface area (Å²) in [6, 6.07) is 7.17. The molecule has 1 N–H and O–H groups in total. The van der Waals surface area contributed by atoms with Gasteiger partial charge in [0.05, 0.1) is 12.6 Å². The summed E-state index contributed by atoms with van der Waals surface area (Å²) in [5.41, 5.74) is 3.02. The minimum absolute atomic E-state index is 0.237. The van der Waals surface area contributed by atoms with Gasteiger partial charge in [0, 0.05) is 12.0 Å². The monoisotopic (exact) mass is 288 g/mol. The molecule has 1 unspecified atom stereocenters. The Morgan fingerprint density at radius 1 is 1.19 bits per heavy atom. The molecule has 1 saturated carbocycles. The standard InChI is InChI=1S/C18H28N2O/c1-19-17(18(20(2)3)10-5-4-6-11-18)15-7-8-16-14(13-15)9-12-21-16/h7-8,13,17,19H,4-6,9-12H2,1-3H3. The van der Waals surface area contributed by atoms with E-state index in [0.717, 1.165) is 18.8 Å². The molecular weight excluding hydrogens is 260 g/mol. The van der Waals surface area contributed by atoms with Crippen LogP contribution in [0.25, 0.3) is 0 Å². The van der Waals surface area contributed by atoms with Crippen molar-refractivity contribution in [1.29, 1.82) is 0 Å². The van der Waals surface area contributed by atoms with Crippen molar-refractivity contribution >= 4 is 0 Å². The lowest BCUT2D eigenvalue weighted by molar-refractivity contribution is 0.0594. The van der Waals surface area contributed by atoms with Gasteiger partial charge in [-0.2, -0.15) is 0 Å². The van der Waals surface area contributed by atoms with Crippen molar-refractivity contribution in [2.24, 2.45) is 0 Å². The van der Waals surface area contributed by atoms with Crippen molar-refractivity contribution in [3.05, 3.63) is 29.3 Å². The molecule has 0 aromatic heterocycles. The highest BCUT2D eigenvalue weighted by Gasteiger charge is 2.42. The molecule has 116 valence electrons. The fourth-order valence-corrected chi connectivity index (χ4v) is 4.29. The van der Waals surface area contributed by atoms with Crippen molar-refractivity contribution in [2.45, 2.75) is 50.1 Å². The van der Waals surface area contributed by atoms with E-state index in [0.29, 0.717) is 6.04 Å². The van der Waals surface area contributed by atoms with Crippen LogP contribution in [0.3, 0.4) is 0 Å². The number of likely N-dealkylation sites (N-methyl/N-ethyl adjacent to an activating group) is 2. The molecule has 1 atom stereocenters. The second kappa shape index (κ2) is 5.98. The quantitative estimate of drug-likeness (QED) is 0.921. The maximum Gasteiger partial charge on any atom is 0.122 e. The molecule has 0 saturated heterocycles. The van der Waals surface area contributed by atoms with Crippen LogP contribution in [0.2, 0.25) is 0 Å². The molecule has 3 heteroatoms. The third-order valence-electron chi connectivity index (χ3n) is 5.48. The van der Waals surface area contributed by atoms with Crippen LogP contribution in [0.4, 0.5) is 0 Å². The number of nitrogens with zero attached hydrogens (tertiary/aromatic N) is 1. The lowest BCUT2D eigenvalue weighted by Crippen LogP contribution is -2.54. The number of nitrogens with one attached hydrogen (secondary N) is 1. The maximum absolute atomic E-state index is 5.65. The highest BCUT2D eigenvalue weighted by molar-refractivity contribution is 5.41. The van der Waals surface area contributed by atoms with E-state index in [1.807, 2.05) is 0 Å². The van der Waals surface area contributed by atoms with Crippen LogP contribution >= 0.6 is 0 Å². The summed E-state index contributed by atoms with van der Waals surface area (Å²) in [6.07, 6.45) is 7.66. The van der Waals surface area contributed by atoms with Gasteiger partial charge in [-0.1, -0.05) is 31.4 Å². The Balaban J connectivity index is 1.96. The molecule has 3 nitrogen and oxygen atoms in total. The lowest BCUT2D eigenvalue weighted by atomic mass is 9.73. The minimum Gasteiger partial charge on any atom is -0.493 e. The predicted molar refractivity (Wildman–Crippen MR) is 86.9 cm³/mol. The Labute approximate surface area is 128 Å². The second-order valence-electron chi connectivity index (χ2n) is 6.75. The van der Waals surface area contributed by atoms with Crippen LogP contribution < -0.4 is 10.1 Å². The van der Waals surface area contributed by atoms with Crippen LogP contribution in [0.1, 0.15) is 49.3 Å². The highest BCUT2D eigenvalue weighted by atomic mass is 16.5. The Kier molecular flexibility index (Phi) is 4.23.